The number of hydrogen-bond donors (Lipinski definition) is 2. The van der Waals surface area contributed by atoms with E-state index in [9.17, 15) is 19.1 Å². The molecule has 1 amide bonds. The van der Waals surface area contributed by atoms with Crippen LogP contribution >= 0.6 is 0 Å². The highest BCUT2D eigenvalue weighted by Gasteiger charge is 2.51. The van der Waals surface area contributed by atoms with Crippen molar-refractivity contribution in [2.45, 2.75) is 25.3 Å². The van der Waals surface area contributed by atoms with Gasteiger partial charge in [-0.25, -0.2) is 4.39 Å². The van der Waals surface area contributed by atoms with E-state index in [0.717, 1.165) is 19.3 Å². The second kappa shape index (κ2) is 4.89. The maximum absolute atomic E-state index is 13.6. The van der Waals surface area contributed by atoms with Crippen molar-refractivity contribution in [3.05, 3.63) is 35.6 Å². The summed E-state index contributed by atoms with van der Waals surface area (Å²) >= 11 is 0. The summed E-state index contributed by atoms with van der Waals surface area (Å²) < 4.78 is 13.6. The maximum atomic E-state index is 13.6. The number of fused-ring (bicyclic) bond motifs is 2. The van der Waals surface area contributed by atoms with Crippen LogP contribution in [-0.2, 0) is 4.79 Å². The van der Waals surface area contributed by atoms with Crippen LogP contribution in [0.25, 0.3) is 0 Å². The van der Waals surface area contributed by atoms with E-state index in [2.05, 4.69) is 5.32 Å². The summed E-state index contributed by atoms with van der Waals surface area (Å²) in [6, 6.07) is 5.37. The Morgan fingerprint density at radius 2 is 1.90 bits per heavy atom. The zero-order valence-corrected chi connectivity index (χ0v) is 10.9. The third-order valence-corrected chi connectivity index (χ3v) is 4.62. The molecule has 4 nitrogen and oxygen atoms in total. The number of hydrogen-bond acceptors (Lipinski definition) is 2. The van der Waals surface area contributed by atoms with Gasteiger partial charge in [-0.05, 0) is 43.2 Å². The molecule has 4 unspecified atom stereocenters. The van der Waals surface area contributed by atoms with Gasteiger partial charge in [0, 0.05) is 6.04 Å². The third-order valence-electron chi connectivity index (χ3n) is 4.62. The normalized spacial score (nSPS) is 31.2. The fourth-order valence-electron chi connectivity index (χ4n) is 3.73. The van der Waals surface area contributed by atoms with Crippen molar-refractivity contribution in [2.24, 2.45) is 17.8 Å². The molecule has 5 heteroatoms. The lowest BCUT2D eigenvalue weighted by Crippen LogP contribution is -2.47. The molecule has 0 aromatic heterocycles. The molecular weight excluding hydrogens is 261 g/mol. The van der Waals surface area contributed by atoms with Crippen LogP contribution in [0.5, 0.6) is 0 Å². The number of rotatable bonds is 3. The lowest BCUT2D eigenvalue weighted by Gasteiger charge is -2.28. The zero-order chi connectivity index (χ0) is 14.3. The Bertz CT molecular complexity index is 560. The molecule has 1 aromatic rings. The Balaban J connectivity index is 1.79. The Hall–Kier alpha value is -1.91. The van der Waals surface area contributed by atoms with Gasteiger partial charge in [0.1, 0.15) is 5.82 Å². The van der Waals surface area contributed by atoms with E-state index in [0.29, 0.717) is 0 Å². The average molecular weight is 277 g/mol. The van der Waals surface area contributed by atoms with E-state index >= 15 is 0 Å². The third kappa shape index (κ3) is 2.07. The summed E-state index contributed by atoms with van der Waals surface area (Å²) in [5.41, 5.74) is -0.0283. The van der Waals surface area contributed by atoms with Crippen LogP contribution in [0.15, 0.2) is 24.3 Å². The maximum Gasteiger partial charge on any atom is 0.308 e. The lowest BCUT2D eigenvalue weighted by atomic mass is 9.84. The predicted molar refractivity (Wildman–Crippen MR) is 69.6 cm³/mol. The number of aliphatic carboxylic acids is 1. The van der Waals surface area contributed by atoms with Gasteiger partial charge in [-0.15, -0.1) is 0 Å². The second-order valence-electron chi connectivity index (χ2n) is 5.68. The van der Waals surface area contributed by atoms with Crippen LogP contribution in [0.1, 0.15) is 29.6 Å². The molecule has 2 aliphatic rings. The van der Waals surface area contributed by atoms with Crippen molar-refractivity contribution in [3.8, 4) is 0 Å². The number of amides is 1. The Morgan fingerprint density at radius 3 is 2.60 bits per heavy atom. The Kier molecular flexibility index (Phi) is 3.20. The number of carboxylic acid groups (broad SMARTS) is 1. The van der Waals surface area contributed by atoms with Crippen molar-refractivity contribution in [3.63, 3.8) is 0 Å². The molecule has 2 saturated carbocycles. The average Bonchev–Trinajstić information content (AvgIpc) is 2.99. The molecule has 2 aliphatic carbocycles. The van der Waals surface area contributed by atoms with Crippen LogP contribution in [0.4, 0.5) is 4.39 Å². The molecule has 0 radical (unpaired) electrons. The minimum Gasteiger partial charge on any atom is -0.481 e. The van der Waals surface area contributed by atoms with E-state index in [1.165, 1.54) is 18.2 Å². The smallest absolute Gasteiger partial charge is 0.308 e. The summed E-state index contributed by atoms with van der Waals surface area (Å²) in [5.74, 6) is -2.16. The standard InChI is InChI=1S/C15H16FNO3/c16-11-4-2-1-3-10(11)14(18)17-13-9-6-5-8(7-9)12(13)15(19)20/h1-4,8-9,12-13H,5-7H2,(H,17,18)(H,19,20). The summed E-state index contributed by atoms with van der Waals surface area (Å²) in [5, 5.41) is 12.1. The first kappa shape index (κ1) is 13.1. The zero-order valence-electron chi connectivity index (χ0n) is 10.9. The quantitative estimate of drug-likeness (QED) is 0.888. The van der Waals surface area contributed by atoms with Gasteiger partial charge in [0.05, 0.1) is 11.5 Å². The number of carbonyl (C=O) groups excluding carboxylic acids is 1. The van der Waals surface area contributed by atoms with Gasteiger partial charge in [0.15, 0.2) is 0 Å². The van der Waals surface area contributed by atoms with Gasteiger partial charge in [0.25, 0.3) is 5.91 Å². The molecule has 3 rings (SSSR count). The number of carbonyl (C=O) groups is 2. The van der Waals surface area contributed by atoms with Crippen LogP contribution < -0.4 is 5.32 Å². The molecule has 2 fully saturated rings. The highest BCUT2D eigenvalue weighted by molar-refractivity contribution is 5.95. The van der Waals surface area contributed by atoms with Crippen molar-refractivity contribution >= 4 is 11.9 Å². The van der Waals surface area contributed by atoms with E-state index in [4.69, 9.17) is 0 Å². The first-order valence-corrected chi connectivity index (χ1v) is 6.86. The van der Waals surface area contributed by atoms with Crippen molar-refractivity contribution in [2.75, 3.05) is 0 Å². The molecule has 4 atom stereocenters. The second-order valence-corrected chi connectivity index (χ2v) is 5.68. The van der Waals surface area contributed by atoms with Gasteiger partial charge in [0.2, 0.25) is 0 Å². The molecule has 106 valence electrons. The Labute approximate surface area is 116 Å². The molecule has 0 saturated heterocycles. The van der Waals surface area contributed by atoms with Gasteiger partial charge >= 0.3 is 5.97 Å². The number of nitrogens with one attached hydrogen (secondary N) is 1. The monoisotopic (exact) mass is 277 g/mol. The van der Waals surface area contributed by atoms with E-state index in [1.807, 2.05) is 0 Å². The molecule has 20 heavy (non-hydrogen) atoms. The highest BCUT2D eigenvalue weighted by Crippen LogP contribution is 2.48. The summed E-state index contributed by atoms with van der Waals surface area (Å²) in [6.07, 6.45) is 2.70. The van der Waals surface area contributed by atoms with Crippen LogP contribution in [0.3, 0.4) is 0 Å². The first-order chi connectivity index (χ1) is 9.58. The number of halogens is 1. The van der Waals surface area contributed by atoms with Crippen LogP contribution in [0, 0.1) is 23.6 Å². The number of carboxylic acids is 1. The molecule has 1 aromatic carbocycles. The molecule has 2 N–H and O–H groups in total. The summed E-state index contributed by atoms with van der Waals surface area (Å²) in [6.45, 7) is 0. The fourth-order valence-corrected chi connectivity index (χ4v) is 3.73. The summed E-state index contributed by atoms with van der Waals surface area (Å²) in [7, 11) is 0. The molecule has 0 heterocycles. The van der Waals surface area contributed by atoms with E-state index < -0.39 is 23.6 Å². The van der Waals surface area contributed by atoms with Gasteiger partial charge in [-0.3, -0.25) is 9.59 Å². The van der Waals surface area contributed by atoms with E-state index in [-0.39, 0.29) is 23.4 Å². The minimum atomic E-state index is -0.865. The van der Waals surface area contributed by atoms with Gasteiger partial charge in [-0.1, -0.05) is 12.1 Å². The lowest BCUT2D eigenvalue weighted by molar-refractivity contribution is -0.144. The van der Waals surface area contributed by atoms with Gasteiger partial charge < -0.3 is 10.4 Å². The highest BCUT2D eigenvalue weighted by atomic mass is 19.1. The predicted octanol–water partition coefficient (Wildman–Crippen LogP) is 2.05. The van der Waals surface area contributed by atoms with Gasteiger partial charge in [-0.2, -0.15) is 0 Å². The number of benzene rings is 1. The van der Waals surface area contributed by atoms with Crippen LogP contribution in [0.2, 0.25) is 0 Å². The molecular formula is C15H16FNO3. The topological polar surface area (TPSA) is 66.4 Å². The molecule has 2 bridgehead atoms. The Morgan fingerprint density at radius 1 is 1.20 bits per heavy atom. The van der Waals surface area contributed by atoms with Crippen molar-refractivity contribution in [1.82, 2.24) is 5.32 Å². The molecule has 0 spiro atoms. The van der Waals surface area contributed by atoms with Crippen molar-refractivity contribution in [1.29, 1.82) is 0 Å². The largest absolute Gasteiger partial charge is 0.481 e. The fraction of sp³-hybridized carbons (Fsp3) is 0.467. The minimum absolute atomic E-state index is 0.0283. The SMILES string of the molecule is O=C(NC1C2CCC(C2)C1C(=O)O)c1ccccc1F. The first-order valence-electron chi connectivity index (χ1n) is 6.86. The summed E-state index contributed by atoms with van der Waals surface area (Å²) in [4.78, 5) is 23.5. The van der Waals surface area contributed by atoms with E-state index in [1.54, 1.807) is 6.07 Å². The van der Waals surface area contributed by atoms with Crippen molar-refractivity contribution < 1.29 is 19.1 Å². The molecule has 0 aliphatic heterocycles. The van der Waals surface area contributed by atoms with Crippen LogP contribution in [-0.4, -0.2) is 23.0 Å².